The Balaban J connectivity index is 1.83. The lowest BCUT2D eigenvalue weighted by molar-refractivity contribution is 0.551. The fourth-order valence-corrected chi connectivity index (χ4v) is 3.33. The summed E-state index contributed by atoms with van der Waals surface area (Å²) >= 11 is 1.93. The van der Waals surface area contributed by atoms with Gasteiger partial charge < -0.3 is 5.73 Å². The summed E-state index contributed by atoms with van der Waals surface area (Å²) in [5, 5.41) is 4.23. The quantitative estimate of drug-likeness (QED) is 0.863. The number of hydrogen-bond acceptors (Lipinski definition) is 3. The predicted octanol–water partition coefficient (Wildman–Crippen LogP) is 2.35. The second kappa shape index (κ2) is 3.87. The summed E-state index contributed by atoms with van der Waals surface area (Å²) in [7, 11) is 0. The predicted molar refractivity (Wildman–Crippen MR) is 66.5 cm³/mol. The lowest BCUT2D eigenvalue weighted by atomic mass is 10.0. The molecule has 1 aromatic heterocycles. The van der Waals surface area contributed by atoms with Crippen molar-refractivity contribution >= 4 is 17.6 Å². The molecule has 0 bridgehead atoms. The first-order chi connectivity index (χ1) is 7.83. The number of nitrogen functional groups attached to an aromatic ring is 1. The van der Waals surface area contributed by atoms with Crippen molar-refractivity contribution in [1.29, 1.82) is 0 Å². The van der Waals surface area contributed by atoms with Crippen LogP contribution in [0, 0.1) is 0 Å². The van der Waals surface area contributed by atoms with Crippen molar-refractivity contribution in [2.24, 2.45) is 0 Å². The summed E-state index contributed by atoms with van der Waals surface area (Å²) in [5.41, 5.74) is 7.06. The smallest absolute Gasteiger partial charge is 0.145 e. The Morgan fingerprint density at radius 3 is 3.06 bits per heavy atom. The molecule has 2 heterocycles. The fourth-order valence-electron chi connectivity index (χ4n) is 2.09. The summed E-state index contributed by atoms with van der Waals surface area (Å²) < 4.78 is 1.93. The summed E-state index contributed by atoms with van der Waals surface area (Å²) in [6.07, 6.45) is 1.95. The van der Waals surface area contributed by atoms with E-state index >= 15 is 0 Å². The van der Waals surface area contributed by atoms with Crippen LogP contribution in [-0.2, 0) is 6.54 Å². The van der Waals surface area contributed by atoms with E-state index in [1.807, 2.05) is 28.7 Å². The molecule has 0 amide bonds. The van der Waals surface area contributed by atoms with Crippen LogP contribution >= 0.6 is 11.8 Å². The number of aromatic nitrogens is 2. The molecule has 1 unspecified atom stereocenters. The van der Waals surface area contributed by atoms with Gasteiger partial charge in [-0.15, -0.1) is 11.8 Å². The van der Waals surface area contributed by atoms with Crippen molar-refractivity contribution in [3.63, 3.8) is 0 Å². The Morgan fingerprint density at radius 1 is 1.38 bits per heavy atom. The number of thioether (sulfide) groups is 1. The van der Waals surface area contributed by atoms with Crippen LogP contribution < -0.4 is 5.73 Å². The molecule has 0 fully saturated rings. The molecule has 0 aliphatic carbocycles. The van der Waals surface area contributed by atoms with Crippen LogP contribution in [0.15, 0.2) is 41.4 Å². The SMILES string of the molecule is Nc1ccn(CC2CSc3ccccc32)n1. The average molecular weight is 231 g/mol. The highest BCUT2D eigenvalue weighted by Crippen LogP contribution is 2.39. The molecule has 1 aliphatic heterocycles. The van der Waals surface area contributed by atoms with E-state index in [9.17, 15) is 0 Å². The summed E-state index contributed by atoms with van der Waals surface area (Å²) in [6, 6.07) is 10.5. The minimum absolute atomic E-state index is 0.556. The van der Waals surface area contributed by atoms with E-state index < -0.39 is 0 Å². The topological polar surface area (TPSA) is 43.8 Å². The first-order valence-corrected chi connectivity index (χ1v) is 6.32. The largest absolute Gasteiger partial charge is 0.382 e. The van der Waals surface area contributed by atoms with Crippen LogP contribution in [0.4, 0.5) is 5.82 Å². The van der Waals surface area contributed by atoms with Crippen molar-refractivity contribution in [2.45, 2.75) is 17.4 Å². The molecule has 2 aromatic rings. The molecule has 1 aliphatic rings. The highest BCUT2D eigenvalue weighted by Gasteiger charge is 2.22. The first kappa shape index (κ1) is 9.78. The van der Waals surface area contributed by atoms with Gasteiger partial charge in [-0.3, -0.25) is 4.68 Å². The molecule has 16 heavy (non-hydrogen) atoms. The monoisotopic (exact) mass is 231 g/mol. The molecule has 2 N–H and O–H groups in total. The summed E-state index contributed by atoms with van der Waals surface area (Å²) in [6.45, 7) is 0.918. The molecule has 4 heteroatoms. The minimum Gasteiger partial charge on any atom is -0.382 e. The van der Waals surface area contributed by atoms with Gasteiger partial charge in [-0.05, 0) is 17.7 Å². The molecule has 0 saturated carbocycles. The van der Waals surface area contributed by atoms with Crippen molar-refractivity contribution in [3.05, 3.63) is 42.1 Å². The number of nitrogens with two attached hydrogens (primary N) is 1. The van der Waals surface area contributed by atoms with Crippen molar-refractivity contribution in [2.75, 3.05) is 11.5 Å². The van der Waals surface area contributed by atoms with E-state index in [2.05, 4.69) is 29.4 Å². The Hall–Kier alpha value is -1.42. The molecule has 82 valence electrons. The number of fused-ring (bicyclic) bond motifs is 1. The van der Waals surface area contributed by atoms with Gasteiger partial charge in [0.15, 0.2) is 0 Å². The van der Waals surface area contributed by atoms with E-state index in [-0.39, 0.29) is 0 Å². The minimum atomic E-state index is 0.556. The van der Waals surface area contributed by atoms with Gasteiger partial charge in [0, 0.05) is 29.3 Å². The van der Waals surface area contributed by atoms with Gasteiger partial charge >= 0.3 is 0 Å². The van der Waals surface area contributed by atoms with E-state index in [1.165, 1.54) is 10.5 Å². The van der Waals surface area contributed by atoms with Crippen LogP contribution in [0.2, 0.25) is 0 Å². The van der Waals surface area contributed by atoms with E-state index in [1.54, 1.807) is 0 Å². The molecular formula is C12H13N3S. The molecule has 3 rings (SSSR count). The summed E-state index contributed by atoms with van der Waals surface area (Å²) in [5.74, 6) is 2.29. The molecule has 0 radical (unpaired) electrons. The van der Waals surface area contributed by atoms with Crippen LogP contribution in [0.1, 0.15) is 11.5 Å². The Kier molecular flexibility index (Phi) is 2.36. The average Bonchev–Trinajstić information content (AvgIpc) is 2.87. The third-order valence-corrected chi connectivity index (χ3v) is 4.12. The summed E-state index contributed by atoms with van der Waals surface area (Å²) in [4.78, 5) is 1.41. The van der Waals surface area contributed by atoms with Crippen LogP contribution in [-0.4, -0.2) is 15.5 Å². The Labute approximate surface area is 98.6 Å². The second-order valence-corrected chi connectivity index (χ2v) is 5.07. The molecule has 0 spiro atoms. The van der Waals surface area contributed by atoms with Crippen LogP contribution in [0.25, 0.3) is 0 Å². The maximum absolute atomic E-state index is 5.61. The van der Waals surface area contributed by atoms with Gasteiger partial charge in [0.2, 0.25) is 0 Å². The Bertz CT molecular complexity index is 506. The zero-order chi connectivity index (χ0) is 11.0. The van der Waals surface area contributed by atoms with Crippen molar-refractivity contribution < 1.29 is 0 Å². The van der Waals surface area contributed by atoms with Crippen molar-refractivity contribution in [3.8, 4) is 0 Å². The van der Waals surface area contributed by atoms with Crippen LogP contribution in [0.3, 0.4) is 0 Å². The zero-order valence-corrected chi connectivity index (χ0v) is 9.65. The van der Waals surface area contributed by atoms with Gasteiger partial charge in [0.05, 0.1) is 0 Å². The van der Waals surface area contributed by atoms with Gasteiger partial charge in [-0.25, -0.2) is 0 Å². The lowest BCUT2D eigenvalue weighted by Gasteiger charge is -2.10. The van der Waals surface area contributed by atoms with E-state index in [0.717, 1.165) is 12.3 Å². The molecular weight excluding hydrogens is 218 g/mol. The van der Waals surface area contributed by atoms with Crippen molar-refractivity contribution in [1.82, 2.24) is 9.78 Å². The third-order valence-electron chi connectivity index (χ3n) is 2.87. The van der Waals surface area contributed by atoms with Gasteiger partial charge in [-0.2, -0.15) is 5.10 Å². The van der Waals surface area contributed by atoms with Gasteiger partial charge in [-0.1, -0.05) is 18.2 Å². The first-order valence-electron chi connectivity index (χ1n) is 5.33. The standard InChI is InChI=1S/C12H13N3S/c13-12-5-6-15(14-12)7-9-8-16-11-4-2-1-3-10(9)11/h1-6,9H,7-8H2,(H2,13,14). The Morgan fingerprint density at radius 2 is 2.25 bits per heavy atom. The zero-order valence-electron chi connectivity index (χ0n) is 8.84. The molecule has 0 saturated heterocycles. The van der Waals surface area contributed by atoms with E-state index in [4.69, 9.17) is 5.73 Å². The third kappa shape index (κ3) is 1.69. The van der Waals surface area contributed by atoms with Gasteiger partial charge in [0.1, 0.15) is 5.82 Å². The number of nitrogens with zero attached hydrogens (tertiary/aromatic N) is 2. The van der Waals surface area contributed by atoms with E-state index in [0.29, 0.717) is 11.7 Å². The molecule has 1 aromatic carbocycles. The second-order valence-electron chi connectivity index (χ2n) is 4.01. The number of anilines is 1. The highest BCUT2D eigenvalue weighted by atomic mass is 32.2. The normalized spacial score (nSPS) is 18.6. The maximum atomic E-state index is 5.61. The fraction of sp³-hybridized carbons (Fsp3) is 0.250. The maximum Gasteiger partial charge on any atom is 0.145 e. The highest BCUT2D eigenvalue weighted by molar-refractivity contribution is 7.99. The number of hydrogen-bond donors (Lipinski definition) is 1. The number of rotatable bonds is 2. The van der Waals surface area contributed by atoms with Crippen LogP contribution in [0.5, 0.6) is 0 Å². The molecule has 1 atom stereocenters. The number of benzene rings is 1. The lowest BCUT2D eigenvalue weighted by Crippen LogP contribution is -2.09. The van der Waals surface area contributed by atoms with Gasteiger partial charge in [0.25, 0.3) is 0 Å². The molecule has 3 nitrogen and oxygen atoms in total.